The number of para-hydroxylation sites is 1. The second-order valence-corrected chi connectivity index (χ2v) is 10.9. The van der Waals surface area contributed by atoms with Crippen molar-refractivity contribution in [3.63, 3.8) is 0 Å². The van der Waals surface area contributed by atoms with Crippen molar-refractivity contribution in [1.82, 2.24) is 20.5 Å². The molecule has 0 spiro atoms. The van der Waals surface area contributed by atoms with Gasteiger partial charge in [0.2, 0.25) is 17.7 Å². The molecule has 8 N–H and O–H groups in total. The highest BCUT2D eigenvalue weighted by Gasteiger charge is 2.38. The number of fused-ring (bicyclic) bond motifs is 1. The zero-order valence-electron chi connectivity index (χ0n) is 22.4. The Labute approximate surface area is 232 Å². The Balaban J connectivity index is 1.66. The Morgan fingerprint density at radius 2 is 1.92 bits per heavy atom. The summed E-state index contributed by atoms with van der Waals surface area (Å²) in [4.78, 5) is 56.0. The first-order chi connectivity index (χ1) is 18.8. The number of aromatic amines is 1. The van der Waals surface area contributed by atoms with E-state index in [4.69, 9.17) is 11.5 Å². The van der Waals surface area contributed by atoms with Gasteiger partial charge >= 0.3 is 5.97 Å². The SMILES string of the molecule is CSCCC(NC(=O)C(CCCCN)NC(=O)C1CCCN1C(=O)C(N)Cc1c[nH]c2ccccc12)C(=O)O. The van der Waals surface area contributed by atoms with Crippen LogP contribution in [0.2, 0.25) is 0 Å². The van der Waals surface area contributed by atoms with Gasteiger partial charge in [0.1, 0.15) is 18.1 Å². The molecule has 3 amide bonds. The molecule has 12 heteroatoms. The topological polar surface area (TPSA) is 184 Å². The van der Waals surface area contributed by atoms with Gasteiger partial charge in [-0.2, -0.15) is 11.8 Å². The fourth-order valence-electron chi connectivity index (χ4n) is 4.94. The van der Waals surface area contributed by atoms with Crippen molar-refractivity contribution in [3.8, 4) is 0 Å². The standard InChI is InChI=1S/C27H40N6O5S/c1-39-14-11-22(27(37)38)32-24(34)21(9-4-5-12-28)31-25(35)23-10-6-13-33(23)26(36)19(29)15-17-16-30-20-8-3-2-7-18(17)20/h2-3,7-8,16,19,21-23,30H,4-6,9-15,28-29H2,1H3,(H,31,35)(H,32,34)(H,37,38). The Hall–Kier alpha value is -3.09. The van der Waals surface area contributed by atoms with E-state index in [1.807, 2.05) is 36.7 Å². The van der Waals surface area contributed by atoms with Crippen LogP contribution in [-0.2, 0) is 25.6 Å². The number of hydrogen-bond donors (Lipinski definition) is 6. The van der Waals surface area contributed by atoms with E-state index in [-0.39, 0.29) is 12.3 Å². The van der Waals surface area contributed by atoms with Crippen LogP contribution < -0.4 is 22.1 Å². The van der Waals surface area contributed by atoms with Gasteiger partial charge in [-0.15, -0.1) is 0 Å². The molecule has 2 heterocycles. The Morgan fingerprint density at radius 3 is 2.64 bits per heavy atom. The molecule has 1 fully saturated rings. The summed E-state index contributed by atoms with van der Waals surface area (Å²) in [5.41, 5.74) is 13.8. The number of hydrogen-bond acceptors (Lipinski definition) is 7. The number of amides is 3. The minimum Gasteiger partial charge on any atom is -0.480 e. The summed E-state index contributed by atoms with van der Waals surface area (Å²) in [6, 6.07) is 4.22. The summed E-state index contributed by atoms with van der Waals surface area (Å²) in [6.45, 7) is 0.839. The number of aliphatic carboxylic acids is 1. The predicted octanol–water partition coefficient (Wildman–Crippen LogP) is 0.965. The molecule has 1 aromatic carbocycles. The first kappa shape index (κ1) is 30.5. The number of likely N-dealkylation sites (tertiary alicyclic amines) is 1. The number of H-pyrrole nitrogens is 1. The number of nitrogens with one attached hydrogen (secondary N) is 3. The predicted molar refractivity (Wildman–Crippen MR) is 152 cm³/mol. The van der Waals surface area contributed by atoms with Crippen LogP contribution in [-0.4, -0.2) is 87.9 Å². The van der Waals surface area contributed by atoms with Gasteiger partial charge in [-0.25, -0.2) is 4.79 Å². The maximum atomic E-state index is 13.3. The fourth-order valence-corrected chi connectivity index (χ4v) is 5.41. The summed E-state index contributed by atoms with van der Waals surface area (Å²) in [5.74, 6) is -1.87. The highest BCUT2D eigenvalue weighted by atomic mass is 32.2. The molecule has 214 valence electrons. The van der Waals surface area contributed by atoms with Gasteiger partial charge in [-0.3, -0.25) is 14.4 Å². The van der Waals surface area contributed by atoms with Gasteiger partial charge in [0.25, 0.3) is 0 Å². The molecule has 1 saturated heterocycles. The van der Waals surface area contributed by atoms with Crippen LogP contribution in [0.4, 0.5) is 0 Å². The lowest BCUT2D eigenvalue weighted by Gasteiger charge is -2.28. The van der Waals surface area contributed by atoms with Gasteiger partial charge in [0, 0.05) is 23.6 Å². The summed E-state index contributed by atoms with van der Waals surface area (Å²) < 4.78 is 0. The minimum atomic E-state index is -1.12. The van der Waals surface area contributed by atoms with Crippen LogP contribution in [0.25, 0.3) is 10.9 Å². The smallest absolute Gasteiger partial charge is 0.326 e. The fraction of sp³-hybridized carbons (Fsp3) is 0.556. The third kappa shape index (κ3) is 8.20. The number of unbranched alkanes of at least 4 members (excludes halogenated alkanes) is 1. The summed E-state index contributed by atoms with van der Waals surface area (Å²) in [5, 5.41) is 15.9. The van der Waals surface area contributed by atoms with Gasteiger partial charge < -0.3 is 37.1 Å². The second kappa shape index (κ2) is 14.9. The van der Waals surface area contributed by atoms with Crippen molar-refractivity contribution in [2.45, 2.75) is 69.1 Å². The quantitative estimate of drug-likeness (QED) is 0.174. The summed E-state index contributed by atoms with van der Waals surface area (Å²) in [7, 11) is 0. The van der Waals surface area contributed by atoms with E-state index >= 15 is 0 Å². The molecule has 11 nitrogen and oxygen atoms in total. The molecule has 0 bridgehead atoms. The van der Waals surface area contributed by atoms with Crippen molar-refractivity contribution < 1.29 is 24.3 Å². The van der Waals surface area contributed by atoms with Crippen molar-refractivity contribution in [3.05, 3.63) is 36.0 Å². The van der Waals surface area contributed by atoms with Gasteiger partial charge in [-0.1, -0.05) is 18.2 Å². The third-order valence-electron chi connectivity index (χ3n) is 7.08. The number of carbonyl (C=O) groups excluding carboxylic acids is 3. The lowest BCUT2D eigenvalue weighted by Crippen LogP contribution is -2.56. The number of aromatic nitrogens is 1. The van der Waals surface area contributed by atoms with E-state index < -0.39 is 42.0 Å². The normalized spacial score (nSPS) is 17.5. The number of thioether (sulfide) groups is 1. The third-order valence-corrected chi connectivity index (χ3v) is 7.72. The summed E-state index contributed by atoms with van der Waals surface area (Å²) in [6.07, 6.45) is 6.95. The largest absolute Gasteiger partial charge is 0.480 e. The van der Waals surface area contributed by atoms with Crippen LogP contribution in [0.15, 0.2) is 30.5 Å². The Bertz CT molecular complexity index is 1140. The highest BCUT2D eigenvalue weighted by Crippen LogP contribution is 2.22. The number of nitrogens with zero attached hydrogens (tertiary/aromatic N) is 1. The number of carboxylic acids is 1. The molecular formula is C27H40N6O5S. The average molecular weight is 561 g/mol. The van der Waals surface area contributed by atoms with Gasteiger partial charge in [0.15, 0.2) is 0 Å². The zero-order valence-corrected chi connectivity index (χ0v) is 23.2. The molecule has 0 radical (unpaired) electrons. The monoisotopic (exact) mass is 560 g/mol. The number of nitrogens with two attached hydrogens (primary N) is 2. The first-order valence-corrected chi connectivity index (χ1v) is 14.8. The molecule has 1 aromatic heterocycles. The van der Waals surface area contributed by atoms with E-state index in [9.17, 15) is 24.3 Å². The number of carbonyl (C=O) groups is 4. The maximum Gasteiger partial charge on any atom is 0.326 e. The second-order valence-electron chi connectivity index (χ2n) is 9.89. The van der Waals surface area contributed by atoms with Crippen LogP contribution in [0.3, 0.4) is 0 Å². The molecule has 3 rings (SSSR count). The zero-order chi connectivity index (χ0) is 28.4. The van der Waals surface area contributed by atoms with E-state index in [2.05, 4.69) is 15.6 Å². The molecule has 4 atom stereocenters. The lowest BCUT2D eigenvalue weighted by atomic mass is 10.0. The van der Waals surface area contributed by atoms with E-state index in [1.54, 1.807) is 0 Å². The highest BCUT2D eigenvalue weighted by molar-refractivity contribution is 7.98. The van der Waals surface area contributed by atoms with Crippen LogP contribution in [0, 0.1) is 0 Å². The van der Waals surface area contributed by atoms with Gasteiger partial charge in [0.05, 0.1) is 6.04 Å². The van der Waals surface area contributed by atoms with Crippen molar-refractivity contribution in [2.24, 2.45) is 11.5 Å². The number of carboxylic acid groups (broad SMARTS) is 1. The minimum absolute atomic E-state index is 0.269. The molecule has 2 aromatic rings. The van der Waals surface area contributed by atoms with Crippen LogP contribution in [0.1, 0.15) is 44.1 Å². The van der Waals surface area contributed by atoms with Crippen molar-refractivity contribution >= 4 is 46.4 Å². The number of benzene rings is 1. The summed E-state index contributed by atoms with van der Waals surface area (Å²) >= 11 is 1.49. The molecular weight excluding hydrogens is 520 g/mol. The van der Waals surface area contributed by atoms with Crippen LogP contribution in [0.5, 0.6) is 0 Å². The molecule has 0 aliphatic carbocycles. The molecule has 1 aliphatic heterocycles. The first-order valence-electron chi connectivity index (χ1n) is 13.4. The molecule has 39 heavy (non-hydrogen) atoms. The van der Waals surface area contributed by atoms with Crippen LogP contribution >= 0.6 is 11.8 Å². The molecule has 1 aliphatic rings. The lowest BCUT2D eigenvalue weighted by molar-refractivity contribution is -0.143. The maximum absolute atomic E-state index is 13.3. The van der Waals surface area contributed by atoms with E-state index in [0.717, 1.165) is 16.5 Å². The Kier molecular flexibility index (Phi) is 11.6. The molecule has 4 unspecified atom stereocenters. The van der Waals surface area contributed by atoms with E-state index in [0.29, 0.717) is 57.4 Å². The Morgan fingerprint density at radius 1 is 1.15 bits per heavy atom. The molecule has 0 saturated carbocycles. The number of rotatable bonds is 15. The van der Waals surface area contributed by atoms with Crippen molar-refractivity contribution in [1.29, 1.82) is 0 Å². The average Bonchev–Trinajstić information content (AvgIpc) is 3.57. The van der Waals surface area contributed by atoms with E-state index in [1.165, 1.54) is 16.7 Å². The van der Waals surface area contributed by atoms with Gasteiger partial charge in [-0.05, 0) is 75.1 Å². The van der Waals surface area contributed by atoms with Crippen molar-refractivity contribution in [2.75, 3.05) is 25.1 Å².